The van der Waals surface area contributed by atoms with Crippen LogP contribution in [0.15, 0.2) is 17.5 Å². The highest BCUT2D eigenvalue weighted by atomic mass is 32.1. The first-order valence-corrected chi connectivity index (χ1v) is 5.25. The molecule has 4 heteroatoms. The van der Waals surface area contributed by atoms with E-state index in [9.17, 15) is 4.79 Å². The van der Waals surface area contributed by atoms with Crippen LogP contribution in [-0.2, 0) is 11.3 Å². The van der Waals surface area contributed by atoms with E-state index in [1.807, 2.05) is 16.3 Å². The van der Waals surface area contributed by atoms with E-state index >= 15 is 0 Å². The Labute approximate surface area is 81.4 Å². The van der Waals surface area contributed by atoms with Crippen molar-refractivity contribution in [3.05, 3.63) is 22.4 Å². The summed E-state index contributed by atoms with van der Waals surface area (Å²) in [6.07, 6.45) is 0. The van der Waals surface area contributed by atoms with Crippen LogP contribution in [0.5, 0.6) is 0 Å². The number of piperazine rings is 1. The summed E-state index contributed by atoms with van der Waals surface area (Å²) in [4.78, 5) is 14.6. The summed E-state index contributed by atoms with van der Waals surface area (Å²) in [7, 11) is 0. The van der Waals surface area contributed by atoms with E-state index in [1.54, 1.807) is 11.3 Å². The van der Waals surface area contributed by atoms with E-state index in [4.69, 9.17) is 0 Å². The van der Waals surface area contributed by atoms with Crippen molar-refractivity contribution in [2.45, 2.75) is 6.54 Å². The second-order valence-electron chi connectivity index (χ2n) is 3.07. The molecule has 1 aliphatic heterocycles. The minimum atomic E-state index is 0.208. The molecule has 1 N–H and O–H groups in total. The topological polar surface area (TPSA) is 32.3 Å². The molecule has 2 rings (SSSR count). The third kappa shape index (κ3) is 2.08. The zero-order valence-corrected chi connectivity index (χ0v) is 8.14. The lowest BCUT2D eigenvalue weighted by Crippen LogP contribution is -2.47. The van der Waals surface area contributed by atoms with E-state index in [1.165, 1.54) is 4.88 Å². The number of amides is 1. The van der Waals surface area contributed by atoms with Crippen LogP contribution in [-0.4, -0.2) is 30.4 Å². The van der Waals surface area contributed by atoms with Gasteiger partial charge in [0.15, 0.2) is 0 Å². The first-order chi connectivity index (χ1) is 6.36. The van der Waals surface area contributed by atoms with Gasteiger partial charge in [0.05, 0.1) is 13.1 Å². The molecule has 0 unspecified atom stereocenters. The van der Waals surface area contributed by atoms with Gasteiger partial charge < -0.3 is 10.2 Å². The number of carbonyl (C=O) groups is 1. The van der Waals surface area contributed by atoms with Crippen molar-refractivity contribution in [2.75, 3.05) is 19.6 Å². The molecule has 1 aromatic rings. The van der Waals surface area contributed by atoms with Gasteiger partial charge in [0.25, 0.3) is 0 Å². The third-order valence-corrected chi connectivity index (χ3v) is 2.98. The van der Waals surface area contributed by atoms with Crippen LogP contribution in [0.2, 0.25) is 0 Å². The molecule has 0 radical (unpaired) electrons. The Morgan fingerprint density at radius 2 is 2.54 bits per heavy atom. The fraction of sp³-hybridized carbons (Fsp3) is 0.444. The average molecular weight is 196 g/mol. The monoisotopic (exact) mass is 196 g/mol. The van der Waals surface area contributed by atoms with Gasteiger partial charge in [0.2, 0.25) is 5.91 Å². The Morgan fingerprint density at radius 3 is 3.23 bits per heavy atom. The van der Waals surface area contributed by atoms with Gasteiger partial charge in [0, 0.05) is 18.0 Å². The summed E-state index contributed by atoms with van der Waals surface area (Å²) < 4.78 is 0. The molecule has 0 bridgehead atoms. The van der Waals surface area contributed by atoms with Gasteiger partial charge in [-0.2, -0.15) is 0 Å². The van der Waals surface area contributed by atoms with Gasteiger partial charge in [-0.15, -0.1) is 11.3 Å². The molecule has 2 heterocycles. The molecule has 3 nitrogen and oxygen atoms in total. The van der Waals surface area contributed by atoms with Gasteiger partial charge >= 0.3 is 0 Å². The van der Waals surface area contributed by atoms with Crippen LogP contribution < -0.4 is 5.32 Å². The number of nitrogens with one attached hydrogen (secondary N) is 1. The Morgan fingerprint density at radius 1 is 1.62 bits per heavy atom. The first-order valence-electron chi connectivity index (χ1n) is 4.37. The smallest absolute Gasteiger partial charge is 0.236 e. The lowest BCUT2D eigenvalue weighted by molar-refractivity contribution is -0.132. The van der Waals surface area contributed by atoms with Crippen molar-refractivity contribution in [3.63, 3.8) is 0 Å². The van der Waals surface area contributed by atoms with Gasteiger partial charge in [-0.05, 0) is 11.4 Å². The number of thiophene rings is 1. The van der Waals surface area contributed by atoms with Crippen molar-refractivity contribution < 1.29 is 4.79 Å². The minimum absolute atomic E-state index is 0.208. The lowest BCUT2D eigenvalue weighted by Gasteiger charge is -2.26. The standard InChI is InChI=1S/C9H12N2OS/c12-9-6-10-3-4-11(9)7-8-2-1-5-13-8/h1-2,5,10H,3-4,6-7H2. The van der Waals surface area contributed by atoms with E-state index in [0.717, 1.165) is 19.6 Å². The van der Waals surface area contributed by atoms with Gasteiger partial charge in [-0.1, -0.05) is 6.07 Å². The van der Waals surface area contributed by atoms with E-state index in [-0.39, 0.29) is 5.91 Å². The van der Waals surface area contributed by atoms with E-state index in [2.05, 4.69) is 11.4 Å². The van der Waals surface area contributed by atoms with Crippen LogP contribution in [0.3, 0.4) is 0 Å². The highest BCUT2D eigenvalue weighted by Crippen LogP contribution is 2.12. The molecule has 0 aliphatic carbocycles. The minimum Gasteiger partial charge on any atom is -0.335 e. The predicted octanol–water partition coefficient (Wildman–Crippen LogP) is 0.680. The predicted molar refractivity (Wildman–Crippen MR) is 52.6 cm³/mol. The quantitative estimate of drug-likeness (QED) is 0.754. The molecule has 1 fully saturated rings. The highest BCUT2D eigenvalue weighted by molar-refractivity contribution is 7.09. The molecule has 70 valence electrons. The highest BCUT2D eigenvalue weighted by Gasteiger charge is 2.17. The average Bonchev–Trinajstić information content (AvgIpc) is 2.61. The van der Waals surface area contributed by atoms with Crippen LogP contribution >= 0.6 is 11.3 Å². The molecule has 1 aliphatic rings. The van der Waals surface area contributed by atoms with Crippen molar-refractivity contribution in [3.8, 4) is 0 Å². The molecule has 1 amide bonds. The summed E-state index contributed by atoms with van der Waals surface area (Å²) in [6.45, 7) is 3.01. The van der Waals surface area contributed by atoms with Crippen molar-refractivity contribution in [1.82, 2.24) is 10.2 Å². The molecular formula is C9H12N2OS. The summed E-state index contributed by atoms with van der Waals surface area (Å²) in [5, 5.41) is 5.10. The summed E-state index contributed by atoms with van der Waals surface area (Å²) in [5.74, 6) is 0.208. The normalized spacial score (nSPS) is 17.8. The molecule has 1 saturated heterocycles. The molecule has 0 spiro atoms. The Kier molecular flexibility index (Phi) is 2.61. The Bertz CT molecular complexity index is 284. The lowest BCUT2D eigenvalue weighted by atomic mass is 10.3. The molecule has 0 saturated carbocycles. The van der Waals surface area contributed by atoms with E-state index in [0.29, 0.717) is 6.54 Å². The zero-order valence-electron chi connectivity index (χ0n) is 7.32. The Balaban J connectivity index is 1.97. The third-order valence-electron chi connectivity index (χ3n) is 2.11. The largest absolute Gasteiger partial charge is 0.335 e. The molecule has 13 heavy (non-hydrogen) atoms. The molecule has 1 aromatic heterocycles. The van der Waals surface area contributed by atoms with Gasteiger partial charge in [0.1, 0.15) is 0 Å². The second-order valence-corrected chi connectivity index (χ2v) is 4.10. The number of hydrogen-bond acceptors (Lipinski definition) is 3. The van der Waals surface area contributed by atoms with E-state index < -0.39 is 0 Å². The van der Waals surface area contributed by atoms with Gasteiger partial charge in [-0.25, -0.2) is 0 Å². The molecule has 0 aromatic carbocycles. The van der Waals surface area contributed by atoms with Crippen molar-refractivity contribution >= 4 is 17.2 Å². The summed E-state index contributed by atoms with van der Waals surface area (Å²) >= 11 is 1.70. The second kappa shape index (κ2) is 3.89. The zero-order chi connectivity index (χ0) is 9.10. The number of rotatable bonds is 2. The van der Waals surface area contributed by atoms with Crippen LogP contribution in [0.4, 0.5) is 0 Å². The summed E-state index contributed by atoms with van der Waals surface area (Å²) in [6, 6.07) is 4.09. The van der Waals surface area contributed by atoms with Gasteiger partial charge in [-0.3, -0.25) is 4.79 Å². The maximum Gasteiger partial charge on any atom is 0.236 e. The van der Waals surface area contributed by atoms with Crippen molar-refractivity contribution in [1.29, 1.82) is 0 Å². The maximum atomic E-state index is 11.4. The van der Waals surface area contributed by atoms with Crippen LogP contribution in [0, 0.1) is 0 Å². The fourth-order valence-electron chi connectivity index (χ4n) is 1.40. The molecule has 0 atom stereocenters. The SMILES string of the molecule is O=C1CNCCN1Cc1cccs1. The number of nitrogens with zero attached hydrogens (tertiary/aromatic N) is 1. The van der Waals surface area contributed by atoms with Crippen molar-refractivity contribution in [2.24, 2.45) is 0 Å². The molecular weight excluding hydrogens is 184 g/mol. The maximum absolute atomic E-state index is 11.4. The number of hydrogen-bond donors (Lipinski definition) is 1. The number of carbonyl (C=O) groups excluding carboxylic acids is 1. The first kappa shape index (κ1) is 8.72. The van der Waals surface area contributed by atoms with Crippen LogP contribution in [0.1, 0.15) is 4.88 Å². The fourth-order valence-corrected chi connectivity index (χ4v) is 2.12. The van der Waals surface area contributed by atoms with Crippen LogP contribution in [0.25, 0.3) is 0 Å². The summed E-state index contributed by atoms with van der Waals surface area (Å²) in [5.41, 5.74) is 0. The Hall–Kier alpha value is -0.870.